The lowest BCUT2D eigenvalue weighted by atomic mass is 10.3. The number of thiol groups is 1. The van der Waals surface area contributed by atoms with E-state index in [2.05, 4.69) is 12.8 Å². The van der Waals surface area contributed by atoms with Crippen LogP contribution >= 0.6 is 12.8 Å². The van der Waals surface area contributed by atoms with Crippen LogP contribution in [0.25, 0.3) is 0 Å². The number of aryl methyl sites for hydroxylation is 1. The van der Waals surface area contributed by atoms with E-state index in [1.807, 2.05) is 0 Å². The molecule has 1 rings (SSSR count). The molecule has 0 aliphatic rings. The van der Waals surface area contributed by atoms with Gasteiger partial charge in [0.05, 0.1) is 0 Å². The Morgan fingerprint density at radius 3 is 2.80 bits per heavy atom. The zero-order valence-electron chi connectivity index (χ0n) is 5.53. The van der Waals surface area contributed by atoms with Crippen molar-refractivity contribution in [3.05, 3.63) is 28.2 Å². The van der Waals surface area contributed by atoms with Gasteiger partial charge in [-0.05, 0) is 13.0 Å². The lowest BCUT2D eigenvalue weighted by Crippen LogP contribution is -2.15. The summed E-state index contributed by atoms with van der Waals surface area (Å²) in [5.74, 6) is 0. The summed E-state index contributed by atoms with van der Waals surface area (Å²) in [6.07, 6.45) is 1.47. The normalized spacial score (nSPS) is 9.80. The Morgan fingerprint density at radius 2 is 2.30 bits per heavy atom. The van der Waals surface area contributed by atoms with Gasteiger partial charge >= 0.3 is 0 Å². The van der Waals surface area contributed by atoms with Crippen molar-refractivity contribution in [1.82, 2.24) is 3.97 Å². The van der Waals surface area contributed by atoms with E-state index in [0.29, 0.717) is 11.3 Å². The monoisotopic (exact) mass is 156 g/mol. The zero-order valence-corrected chi connectivity index (χ0v) is 6.43. The number of nitrogens with zero attached hydrogens (tertiary/aromatic N) is 1. The topological polar surface area (TPSA) is 48.0 Å². The fourth-order valence-electron chi connectivity index (χ4n) is 0.730. The van der Waals surface area contributed by atoms with Crippen molar-refractivity contribution in [1.29, 1.82) is 0 Å². The quantitative estimate of drug-likeness (QED) is 0.535. The third kappa shape index (κ3) is 1.16. The Balaban J connectivity index is 3.46. The Bertz CT molecular complexity index is 279. The third-order valence-corrected chi connectivity index (χ3v) is 1.50. The van der Waals surface area contributed by atoms with Crippen molar-refractivity contribution in [2.24, 2.45) is 0 Å². The minimum absolute atomic E-state index is 0.127. The average Bonchev–Trinajstić information content (AvgIpc) is 1.82. The van der Waals surface area contributed by atoms with Crippen molar-refractivity contribution in [3.63, 3.8) is 0 Å². The molecule has 0 unspecified atom stereocenters. The summed E-state index contributed by atoms with van der Waals surface area (Å²) < 4.78 is 1.17. The van der Waals surface area contributed by atoms with Crippen molar-refractivity contribution in [2.75, 3.05) is 5.73 Å². The highest BCUT2D eigenvalue weighted by Crippen LogP contribution is 2.00. The van der Waals surface area contributed by atoms with Crippen LogP contribution in [0.1, 0.15) is 5.56 Å². The Kier molecular flexibility index (Phi) is 1.72. The molecule has 54 valence electrons. The first-order valence-electron chi connectivity index (χ1n) is 2.79. The van der Waals surface area contributed by atoms with Gasteiger partial charge in [0.25, 0.3) is 5.56 Å². The predicted octanol–water partition coefficient (Wildman–Crippen LogP) is 0.432. The van der Waals surface area contributed by atoms with Gasteiger partial charge < -0.3 is 5.73 Å². The van der Waals surface area contributed by atoms with E-state index >= 15 is 0 Å². The molecule has 0 fully saturated rings. The van der Waals surface area contributed by atoms with Crippen LogP contribution in [0.5, 0.6) is 0 Å². The largest absolute Gasteiger partial charge is 0.398 e. The van der Waals surface area contributed by atoms with Gasteiger partial charge in [0.15, 0.2) is 0 Å². The van der Waals surface area contributed by atoms with Crippen LogP contribution in [0.15, 0.2) is 17.1 Å². The van der Waals surface area contributed by atoms with Gasteiger partial charge in [-0.15, -0.1) is 0 Å². The van der Waals surface area contributed by atoms with E-state index in [-0.39, 0.29) is 5.56 Å². The van der Waals surface area contributed by atoms with Crippen LogP contribution in [0.4, 0.5) is 5.69 Å². The molecule has 4 heteroatoms. The second kappa shape index (κ2) is 2.38. The summed E-state index contributed by atoms with van der Waals surface area (Å²) in [7, 11) is 0. The number of anilines is 1. The molecule has 0 saturated carbocycles. The van der Waals surface area contributed by atoms with Crippen LogP contribution in [0.2, 0.25) is 0 Å². The second-order valence-electron chi connectivity index (χ2n) is 2.11. The summed E-state index contributed by atoms with van der Waals surface area (Å²) >= 11 is 3.86. The van der Waals surface area contributed by atoms with Gasteiger partial charge in [0.2, 0.25) is 0 Å². The number of hydrogen-bond acceptors (Lipinski definition) is 3. The van der Waals surface area contributed by atoms with E-state index in [0.717, 1.165) is 0 Å². The van der Waals surface area contributed by atoms with E-state index in [4.69, 9.17) is 5.73 Å². The molecule has 0 radical (unpaired) electrons. The lowest BCUT2D eigenvalue weighted by Gasteiger charge is -1.98. The summed E-state index contributed by atoms with van der Waals surface area (Å²) in [5.41, 5.74) is 6.45. The summed E-state index contributed by atoms with van der Waals surface area (Å²) in [6, 6.07) is 1.62. The smallest absolute Gasteiger partial charge is 0.263 e. The SMILES string of the molecule is Cc1cc(N)cn(S)c1=O. The lowest BCUT2D eigenvalue weighted by molar-refractivity contribution is 1.12. The highest BCUT2D eigenvalue weighted by atomic mass is 32.1. The summed E-state index contributed by atoms with van der Waals surface area (Å²) in [4.78, 5) is 11.0. The second-order valence-corrected chi connectivity index (χ2v) is 2.54. The number of nitrogen functional groups attached to an aromatic ring is 1. The first kappa shape index (κ1) is 7.21. The molecule has 0 aliphatic heterocycles. The standard InChI is InChI=1S/C6H8N2OS/c1-4-2-5(7)3-8(10)6(4)9/h2-3,10H,7H2,1H3. The summed E-state index contributed by atoms with van der Waals surface area (Å²) in [5, 5.41) is 0. The first-order chi connectivity index (χ1) is 4.61. The van der Waals surface area contributed by atoms with Crippen molar-refractivity contribution < 1.29 is 0 Å². The molecule has 0 aliphatic carbocycles. The fourth-order valence-corrected chi connectivity index (χ4v) is 1.02. The number of hydrogen-bond donors (Lipinski definition) is 2. The minimum atomic E-state index is -0.127. The van der Waals surface area contributed by atoms with E-state index < -0.39 is 0 Å². The fraction of sp³-hybridized carbons (Fsp3) is 0.167. The third-order valence-electron chi connectivity index (χ3n) is 1.20. The van der Waals surface area contributed by atoms with Gasteiger partial charge in [-0.3, -0.25) is 8.77 Å². The highest BCUT2D eigenvalue weighted by molar-refractivity contribution is 7.78. The molecular formula is C6H8N2OS. The van der Waals surface area contributed by atoms with E-state index in [9.17, 15) is 4.79 Å². The van der Waals surface area contributed by atoms with Crippen molar-refractivity contribution in [2.45, 2.75) is 6.92 Å². The van der Waals surface area contributed by atoms with Crippen molar-refractivity contribution >= 4 is 18.5 Å². The molecule has 0 bridgehead atoms. The average molecular weight is 156 g/mol. The molecular weight excluding hydrogens is 148 g/mol. The summed E-state index contributed by atoms with van der Waals surface area (Å²) in [6.45, 7) is 1.70. The van der Waals surface area contributed by atoms with Crippen molar-refractivity contribution in [3.8, 4) is 0 Å². The Labute approximate surface area is 64.0 Å². The molecule has 0 atom stereocenters. The van der Waals surface area contributed by atoms with Gasteiger partial charge in [-0.1, -0.05) is 12.8 Å². The van der Waals surface area contributed by atoms with Crippen LogP contribution in [-0.2, 0) is 0 Å². The maximum absolute atomic E-state index is 11.0. The molecule has 0 saturated heterocycles. The van der Waals surface area contributed by atoms with E-state index in [1.54, 1.807) is 13.0 Å². The van der Waals surface area contributed by atoms with Gasteiger partial charge in [0.1, 0.15) is 0 Å². The Hall–Kier alpha value is -0.900. The van der Waals surface area contributed by atoms with Gasteiger partial charge in [-0.2, -0.15) is 0 Å². The molecule has 3 nitrogen and oxygen atoms in total. The maximum atomic E-state index is 11.0. The van der Waals surface area contributed by atoms with Crippen LogP contribution < -0.4 is 11.3 Å². The maximum Gasteiger partial charge on any atom is 0.263 e. The molecule has 2 N–H and O–H groups in total. The van der Waals surface area contributed by atoms with Crippen LogP contribution in [0, 0.1) is 6.92 Å². The van der Waals surface area contributed by atoms with E-state index in [1.165, 1.54) is 10.2 Å². The Morgan fingerprint density at radius 1 is 1.70 bits per heavy atom. The molecule has 1 aromatic rings. The first-order valence-corrected chi connectivity index (χ1v) is 3.19. The predicted molar refractivity (Wildman–Crippen MR) is 44.2 cm³/mol. The molecule has 1 heterocycles. The molecule has 0 amide bonds. The number of nitrogens with two attached hydrogens (primary N) is 1. The van der Waals surface area contributed by atoms with Crippen LogP contribution in [-0.4, -0.2) is 3.97 Å². The number of aromatic nitrogens is 1. The molecule has 0 aromatic carbocycles. The zero-order chi connectivity index (χ0) is 7.72. The molecule has 10 heavy (non-hydrogen) atoms. The minimum Gasteiger partial charge on any atom is -0.398 e. The van der Waals surface area contributed by atoms with Gasteiger partial charge in [0, 0.05) is 17.4 Å². The molecule has 1 aromatic heterocycles. The highest BCUT2D eigenvalue weighted by Gasteiger charge is 1.95. The number of rotatable bonds is 0. The van der Waals surface area contributed by atoms with Gasteiger partial charge in [-0.25, -0.2) is 0 Å². The molecule has 0 spiro atoms. The van der Waals surface area contributed by atoms with Crippen LogP contribution in [0.3, 0.4) is 0 Å². The number of pyridine rings is 1.